The van der Waals surface area contributed by atoms with Crippen LogP contribution < -0.4 is 14.2 Å². The molecule has 0 fully saturated rings. The molecule has 0 aliphatic carbocycles. The highest BCUT2D eigenvalue weighted by Crippen LogP contribution is 2.45. The van der Waals surface area contributed by atoms with Crippen molar-refractivity contribution in [3.8, 4) is 17.2 Å². The average molecular weight is 248 g/mol. The lowest BCUT2D eigenvalue weighted by Crippen LogP contribution is -1.95. The third-order valence-corrected chi connectivity index (χ3v) is 2.63. The van der Waals surface area contributed by atoms with Crippen LogP contribution in [0.15, 0.2) is 12.4 Å². The molecule has 3 rings (SSSR count). The molecular weight excluding hydrogens is 232 g/mol. The smallest absolute Gasteiger partial charge is 0.231 e. The van der Waals surface area contributed by atoms with E-state index in [-0.39, 0.29) is 6.79 Å². The van der Waals surface area contributed by atoms with Gasteiger partial charge in [0.1, 0.15) is 11.8 Å². The van der Waals surface area contributed by atoms with Crippen LogP contribution in [0.4, 0.5) is 0 Å². The lowest BCUT2D eigenvalue weighted by Gasteiger charge is -2.08. The summed E-state index contributed by atoms with van der Waals surface area (Å²) in [6.07, 6.45) is 1.52. The number of methoxy groups -OCH3 is 1. The van der Waals surface area contributed by atoms with Crippen LogP contribution in [0.2, 0.25) is 0 Å². The number of fused-ring (bicyclic) bond motifs is 2. The van der Waals surface area contributed by atoms with Crippen molar-refractivity contribution < 1.29 is 14.2 Å². The van der Waals surface area contributed by atoms with Crippen LogP contribution in [-0.2, 0) is 0 Å². The minimum Gasteiger partial charge on any atom is -0.491 e. The zero-order valence-corrected chi connectivity index (χ0v) is 11.0. The maximum absolute atomic E-state index is 5.36. The molecule has 5 heteroatoms. The van der Waals surface area contributed by atoms with E-state index in [0.29, 0.717) is 17.2 Å². The normalized spacial score (nSPS) is 12.0. The Morgan fingerprint density at radius 2 is 2.00 bits per heavy atom. The Balaban J connectivity index is 0.000000574. The first-order chi connectivity index (χ1) is 8.81. The molecule has 0 bridgehead atoms. The Kier molecular flexibility index (Phi) is 3.50. The lowest BCUT2D eigenvalue weighted by molar-refractivity contribution is 0.171. The number of ether oxygens (including phenoxy) is 3. The first kappa shape index (κ1) is 12.4. The van der Waals surface area contributed by atoms with Crippen molar-refractivity contribution in [2.24, 2.45) is 0 Å². The highest BCUT2D eigenvalue weighted by atomic mass is 16.7. The van der Waals surface area contributed by atoms with Gasteiger partial charge in [-0.05, 0) is 13.0 Å². The molecule has 1 aromatic carbocycles. The summed E-state index contributed by atoms with van der Waals surface area (Å²) in [7, 11) is 1.59. The summed E-state index contributed by atoms with van der Waals surface area (Å²) in [5.74, 6) is 1.91. The third kappa shape index (κ3) is 1.81. The monoisotopic (exact) mass is 248 g/mol. The van der Waals surface area contributed by atoms with Crippen LogP contribution in [0.3, 0.4) is 0 Å². The van der Waals surface area contributed by atoms with E-state index in [4.69, 9.17) is 14.2 Å². The van der Waals surface area contributed by atoms with Gasteiger partial charge in [0.15, 0.2) is 11.5 Å². The maximum atomic E-state index is 5.36. The highest BCUT2D eigenvalue weighted by molar-refractivity contribution is 5.91. The SMILES string of the molecule is CC.COc1c2c(cc3c(C)ncnc13)OCO2. The van der Waals surface area contributed by atoms with Crippen molar-refractivity contribution >= 4 is 10.9 Å². The van der Waals surface area contributed by atoms with Crippen LogP contribution in [0.5, 0.6) is 17.2 Å². The number of hydrogen-bond acceptors (Lipinski definition) is 5. The molecule has 1 aliphatic heterocycles. The molecule has 0 N–H and O–H groups in total. The molecule has 0 saturated heterocycles. The zero-order valence-electron chi connectivity index (χ0n) is 11.0. The van der Waals surface area contributed by atoms with Crippen molar-refractivity contribution in [2.45, 2.75) is 20.8 Å². The predicted molar refractivity (Wildman–Crippen MR) is 68.3 cm³/mol. The van der Waals surface area contributed by atoms with Crippen molar-refractivity contribution in [3.05, 3.63) is 18.1 Å². The van der Waals surface area contributed by atoms with E-state index in [1.807, 2.05) is 26.8 Å². The number of benzene rings is 1. The van der Waals surface area contributed by atoms with E-state index in [1.165, 1.54) is 6.33 Å². The summed E-state index contributed by atoms with van der Waals surface area (Å²) in [5, 5.41) is 0.920. The summed E-state index contributed by atoms with van der Waals surface area (Å²) in [4.78, 5) is 8.36. The van der Waals surface area contributed by atoms with E-state index in [1.54, 1.807) is 7.11 Å². The number of aromatic nitrogens is 2. The van der Waals surface area contributed by atoms with Crippen molar-refractivity contribution in [1.29, 1.82) is 0 Å². The van der Waals surface area contributed by atoms with E-state index < -0.39 is 0 Å². The molecule has 2 aromatic rings. The largest absolute Gasteiger partial charge is 0.491 e. The molecule has 2 heterocycles. The van der Waals surface area contributed by atoms with Crippen molar-refractivity contribution in [1.82, 2.24) is 9.97 Å². The van der Waals surface area contributed by atoms with Crippen LogP contribution in [0.25, 0.3) is 10.9 Å². The van der Waals surface area contributed by atoms with Crippen molar-refractivity contribution in [3.63, 3.8) is 0 Å². The Morgan fingerprint density at radius 3 is 2.72 bits per heavy atom. The summed E-state index contributed by atoms with van der Waals surface area (Å²) in [6, 6.07) is 1.88. The van der Waals surface area contributed by atoms with Crippen molar-refractivity contribution in [2.75, 3.05) is 13.9 Å². The Hall–Kier alpha value is -2.04. The number of rotatable bonds is 1. The van der Waals surface area contributed by atoms with E-state index in [9.17, 15) is 0 Å². The lowest BCUT2D eigenvalue weighted by atomic mass is 10.1. The molecule has 0 saturated carbocycles. The van der Waals surface area contributed by atoms with Gasteiger partial charge in [0, 0.05) is 11.1 Å². The van der Waals surface area contributed by atoms with Gasteiger partial charge in [-0.1, -0.05) is 13.8 Å². The van der Waals surface area contributed by atoms with Gasteiger partial charge in [0.2, 0.25) is 12.5 Å². The highest BCUT2D eigenvalue weighted by Gasteiger charge is 2.23. The second-order valence-corrected chi connectivity index (χ2v) is 3.50. The number of aryl methyl sites for hydroxylation is 1. The number of hydrogen-bond donors (Lipinski definition) is 0. The average Bonchev–Trinajstić information content (AvgIpc) is 2.87. The number of nitrogens with zero attached hydrogens (tertiary/aromatic N) is 2. The summed E-state index contributed by atoms with van der Waals surface area (Å²) in [5.41, 5.74) is 1.64. The molecule has 0 spiro atoms. The van der Waals surface area contributed by atoms with E-state index in [0.717, 1.165) is 16.6 Å². The summed E-state index contributed by atoms with van der Waals surface area (Å²) in [6.45, 7) is 6.14. The summed E-state index contributed by atoms with van der Waals surface area (Å²) < 4.78 is 16.0. The van der Waals surface area contributed by atoms with Gasteiger partial charge in [-0.25, -0.2) is 9.97 Å². The molecule has 0 amide bonds. The minimum absolute atomic E-state index is 0.217. The molecule has 96 valence electrons. The van der Waals surface area contributed by atoms with Crippen LogP contribution in [0, 0.1) is 6.92 Å². The predicted octanol–water partition coefficient (Wildman–Crippen LogP) is 2.70. The van der Waals surface area contributed by atoms with Gasteiger partial charge in [0.05, 0.1) is 7.11 Å². The molecule has 18 heavy (non-hydrogen) atoms. The third-order valence-electron chi connectivity index (χ3n) is 2.63. The fraction of sp³-hybridized carbons (Fsp3) is 0.385. The standard InChI is InChI=1S/C11H10N2O3.C2H6/c1-6-7-3-8-10(16-5-15-8)11(14-2)9(7)13-4-12-6;1-2/h3-4H,5H2,1-2H3;1-2H3. The molecular formula is C13H16N2O3. The Bertz CT molecular complexity index is 570. The van der Waals surface area contributed by atoms with Gasteiger partial charge >= 0.3 is 0 Å². The molecule has 1 aromatic heterocycles. The van der Waals surface area contributed by atoms with Gasteiger partial charge in [-0.2, -0.15) is 0 Å². The summed E-state index contributed by atoms with van der Waals surface area (Å²) >= 11 is 0. The maximum Gasteiger partial charge on any atom is 0.231 e. The van der Waals surface area contributed by atoms with E-state index >= 15 is 0 Å². The van der Waals surface area contributed by atoms with Gasteiger partial charge < -0.3 is 14.2 Å². The van der Waals surface area contributed by atoms with Crippen LogP contribution in [-0.4, -0.2) is 23.9 Å². The first-order valence-corrected chi connectivity index (χ1v) is 5.89. The van der Waals surface area contributed by atoms with Gasteiger partial charge in [0.25, 0.3) is 0 Å². The van der Waals surface area contributed by atoms with Gasteiger partial charge in [-0.15, -0.1) is 0 Å². The fourth-order valence-corrected chi connectivity index (χ4v) is 1.84. The molecule has 5 nitrogen and oxygen atoms in total. The van der Waals surface area contributed by atoms with Gasteiger partial charge in [-0.3, -0.25) is 0 Å². The second-order valence-electron chi connectivity index (χ2n) is 3.50. The topological polar surface area (TPSA) is 53.5 Å². The first-order valence-electron chi connectivity index (χ1n) is 5.89. The Labute approximate surface area is 106 Å². The zero-order chi connectivity index (χ0) is 13.1. The quantitative estimate of drug-likeness (QED) is 0.776. The van der Waals surface area contributed by atoms with E-state index in [2.05, 4.69) is 9.97 Å². The molecule has 0 unspecified atom stereocenters. The molecule has 0 atom stereocenters. The van der Waals surface area contributed by atoms with Crippen LogP contribution in [0.1, 0.15) is 19.5 Å². The molecule has 0 radical (unpaired) electrons. The Morgan fingerprint density at radius 1 is 1.22 bits per heavy atom. The minimum atomic E-state index is 0.217. The molecule has 1 aliphatic rings. The second kappa shape index (κ2) is 5.08. The fourth-order valence-electron chi connectivity index (χ4n) is 1.84. The van der Waals surface area contributed by atoms with Crippen LogP contribution >= 0.6 is 0 Å².